The van der Waals surface area contributed by atoms with E-state index in [0.29, 0.717) is 41.8 Å². The lowest BCUT2D eigenvalue weighted by Gasteiger charge is -2.34. The lowest BCUT2D eigenvalue weighted by atomic mass is 9.94. The molecule has 7 rings (SSSR count). The summed E-state index contributed by atoms with van der Waals surface area (Å²) in [7, 11) is 0. The summed E-state index contributed by atoms with van der Waals surface area (Å²) in [4.78, 5) is 18.4. The number of aromatic nitrogens is 3. The van der Waals surface area contributed by atoms with Crippen LogP contribution in [0.3, 0.4) is 0 Å². The highest BCUT2D eigenvalue weighted by Gasteiger charge is 2.49. The van der Waals surface area contributed by atoms with Gasteiger partial charge in [0.15, 0.2) is 5.82 Å². The number of nitrogens with zero attached hydrogens (tertiary/aromatic N) is 5. The average molecular weight is 551 g/mol. The summed E-state index contributed by atoms with van der Waals surface area (Å²) in [6.45, 7) is 7.14. The van der Waals surface area contributed by atoms with Crippen LogP contribution in [0.4, 0.5) is 14.6 Å². The molecule has 8 nitrogen and oxygen atoms in total. The maximum Gasteiger partial charge on any atom is 0.319 e. The second-order valence-electron chi connectivity index (χ2n) is 12.3. The summed E-state index contributed by atoms with van der Waals surface area (Å²) in [5, 5.41) is 14.4. The molecule has 4 fully saturated rings. The van der Waals surface area contributed by atoms with Crippen molar-refractivity contribution >= 4 is 16.7 Å². The van der Waals surface area contributed by atoms with Crippen LogP contribution < -0.4 is 15.0 Å². The van der Waals surface area contributed by atoms with Gasteiger partial charge in [0.25, 0.3) is 0 Å². The number of anilines is 1. The zero-order valence-corrected chi connectivity index (χ0v) is 23.0. The van der Waals surface area contributed by atoms with Crippen molar-refractivity contribution in [3.63, 3.8) is 0 Å². The second kappa shape index (κ2) is 9.76. The highest BCUT2D eigenvalue weighted by atomic mass is 19.1. The normalized spacial score (nSPS) is 28.1. The maximum atomic E-state index is 16.5. The molecule has 0 aliphatic carbocycles. The number of benzene rings is 1. The highest BCUT2D eigenvalue weighted by Crippen LogP contribution is 2.41. The number of hydrogen-bond acceptors (Lipinski definition) is 8. The van der Waals surface area contributed by atoms with Crippen LogP contribution in [0.2, 0.25) is 0 Å². The van der Waals surface area contributed by atoms with Gasteiger partial charge in [-0.05, 0) is 55.8 Å². The van der Waals surface area contributed by atoms with Gasteiger partial charge < -0.3 is 20.1 Å². The minimum Gasteiger partial charge on any atom is -0.508 e. The fourth-order valence-electron chi connectivity index (χ4n) is 7.39. The smallest absolute Gasteiger partial charge is 0.319 e. The van der Waals surface area contributed by atoms with Crippen LogP contribution in [0, 0.1) is 5.82 Å². The average Bonchev–Trinajstić information content (AvgIpc) is 3.57. The Labute approximate surface area is 232 Å². The second-order valence-corrected chi connectivity index (χ2v) is 12.3. The van der Waals surface area contributed by atoms with Crippen LogP contribution in [0.5, 0.6) is 11.8 Å². The van der Waals surface area contributed by atoms with Crippen molar-refractivity contribution in [3.05, 3.63) is 35.8 Å². The van der Waals surface area contributed by atoms with Crippen LogP contribution in [0.25, 0.3) is 22.2 Å². The lowest BCUT2D eigenvalue weighted by Crippen LogP contribution is -2.51. The molecule has 212 valence electrons. The van der Waals surface area contributed by atoms with E-state index >= 15 is 4.39 Å². The summed E-state index contributed by atoms with van der Waals surface area (Å²) < 4.78 is 37.1. The van der Waals surface area contributed by atoms with Gasteiger partial charge in [-0.2, -0.15) is 9.97 Å². The minimum atomic E-state index is -0.864. The molecule has 3 aromatic rings. The van der Waals surface area contributed by atoms with Crippen molar-refractivity contribution in [2.45, 2.75) is 75.7 Å². The van der Waals surface area contributed by atoms with Crippen molar-refractivity contribution in [3.8, 4) is 23.0 Å². The van der Waals surface area contributed by atoms with E-state index in [2.05, 4.69) is 25.1 Å². The van der Waals surface area contributed by atoms with E-state index in [4.69, 9.17) is 9.72 Å². The molecule has 40 heavy (non-hydrogen) atoms. The van der Waals surface area contributed by atoms with Crippen LogP contribution in [-0.4, -0.2) is 81.5 Å². The summed E-state index contributed by atoms with van der Waals surface area (Å²) in [6, 6.07) is 5.80. The van der Waals surface area contributed by atoms with Crippen molar-refractivity contribution in [1.82, 2.24) is 25.2 Å². The van der Waals surface area contributed by atoms with Crippen molar-refractivity contribution in [2.24, 2.45) is 0 Å². The molecule has 10 heteroatoms. The largest absolute Gasteiger partial charge is 0.508 e. The van der Waals surface area contributed by atoms with Gasteiger partial charge in [-0.3, -0.25) is 9.88 Å². The van der Waals surface area contributed by atoms with Gasteiger partial charge in [-0.15, -0.1) is 0 Å². The van der Waals surface area contributed by atoms with E-state index in [0.717, 1.165) is 50.9 Å². The Morgan fingerprint density at radius 2 is 1.98 bits per heavy atom. The number of phenolic OH excluding ortho intramolecular Hbond substituents is 1. The summed E-state index contributed by atoms with van der Waals surface area (Å²) in [5.74, 6) is 0.199. The number of hydrogen-bond donors (Lipinski definition) is 2. The molecular weight excluding hydrogens is 514 g/mol. The number of rotatable bonds is 6. The summed E-state index contributed by atoms with van der Waals surface area (Å²) in [6.07, 6.45) is 5.30. The van der Waals surface area contributed by atoms with Crippen LogP contribution in [0.1, 0.15) is 57.4 Å². The third-order valence-electron chi connectivity index (χ3n) is 9.30. The first-order chi connectivity index (χ1) is 19.3. The molecule has 6 heterocycles. The third kappa shape index (κ3) is 4.36. The van der Waals surface area contributed by atoms with E-state index in [9.17, 15) is 9.50 Å². The van der Waals surface area contributed by atoms with Gasteiger partial charge in [0.05, 0.1) is 10.9 Å². The highest BCUT2D eigenvalue weighted by molar-refractivity contribution is 5.92. The van der Waals surface area contributed by atoms with Gasteiger partial charge in [-0.1, -0.05) is 19.9 Å². The number of fused-ring (bicyclic) bond motifs is 4. The maximum absolute atomic E-state index is 16.5. The van der Waals surface area contributed by atoms with Crippen LogP contribution in [0.15, 0.2) is 24.4 Å². The Balaban J connectivity index is 1.32. The molecule has 0 amide bonds. The molecule has 1 aromatic carbocycles. The van der Waals surface area contributed by atoms with Gasteiger partial charge in [0.1, 0.15) is 35.6 Å². The lowest BCUT2D eigenvalue weighted by molar-refractivity contribution is 0.107. The zero-order chi connectivity index (χ0) is 27.6. The number of nitrogens with one attached hydrogen (secondary N) is 1. The Hall–Kier alpha value is -3.11. The molecule has 2 N–H and O–H groups in total. The van der Waals surface area contributed by atoms with E-state index < -0.39 is 12.0 Å². The topological polar surface area (TPSA) is 86.6 Å². The number of alkyl halides is 1. The van der Waals surface area contributed by atoms with Gasteiger partial charge in [0.2, 0.25) is 0 Å². The predicted octanol–water partition coefficient (Wildman–Crippen LogP) is 4.56. The molecule has 4 saturated heterocycles. The molecule has 0 spiro atoms. The van der Waals surface area contributed by atoms with Crippen LogP contribution in [-0.2, 0) is 0 Å². The Kier molecular flexibility index (Phi) is 6.31. The fraction of sp³-hybridized carbons (Fsp3) is 0.567. The Morgan fingerprint density at radius 3 is 2.75 bits per heavy atom. The van der Waals surface area contributed by atoms with E-state index in [-0.39, 0.29) is 41.0 Å². The Morgan fingerprint density at radius 1 is 1.18 bits per heavy atom. The van der Waals surface area contributed by atoms with E-state index in [1.165, 1.54) is 0 Å². The number of piperazine rings is 1. The number of phenols is 1. The minimum absolute atomic E-state index is 0.0486. The number of aromatic hydroxyl groups is 1. The van der Waals surface area contributed by atoms with Gasteiger partial charge >= 0.3 is 6.01 Å². The molecule has 4 aliphatic heterocycles. The van der Waals surface area contributed by atoms with Gasteiger partial charge in [0, 0.05) is 49.9 Å². The van der Waals surface area contributed by atoms with Crippen molar-refractivity contribution < 1.29 is 18.6 Å². The molecular formula is C30H36F2N6O2. The SMILES string of the molecule is CC(C)c1ccc(O)cc1-c1ncc2c(N3C[C@H]4CC[C@@H](C3)N4)nc(OCC34CCCN3CC(F)C4)nc2c1F. The standard InChI is InChI=1S/C30H36F2N6O2/c1-17(2)22-7-6-21(39)10-23(22)26-25(32)27-24(12-33-26)28(37-14-19-4-5-20(15-37)34-19)36-29(35-27)40-16-30-8-3-9-38(30)13-18(31)11-30/h6-7,10,12,17-20,34,39H,3-5,8-9,11,13-16H2,1-2H3/t18?,19-,20+,30?. The molecule has 2 unspecified atom stereocenters. The van der Waals surface area contributed by atoms with E-state index in [1.807, 2.05) is 19.9 Å². The van der Waals surface area contributed by atoms with Crippen LogP contribution >= 0.6 is 0 Å². The fourth-order valence-corrected chi connectivity index (χ4v) is 7.39. The predicted molar refractivity (Wildman–Crippen MR) is 149 cm³/mol. The summed E-state index contributed by atoms with van der Waals surface area (Å²) >= 11 is 0. The zero-order valence-electron chi connectivity index (χ0n) is 23.0. The Bertz CT molecular complexity index is 1440. The third-order valence-corrected chi connectivity index (χ3v) is 9.30. The first-order valence-corrected chi connectivity index (χ1v) is 14.5. The number of ether oxygens (including phenoxy) is 1. The molecule has 2 bridgehead atoms. The first-order valence-electron chi connectivity index (χ1n) is 14.5. The number of halogens is 2. The molecule has 0 radical (unpaired) electrons. The molecule has 4 aliphatic rings. The quantitative estimate of drug-likeness (QED) is 0.462. The first kappa shape index (κ1) is 25.8. The monoisotopic (exact) mass is 550 g/mol. The molecule has 0 saturated carbocycles. The molecule has 4 atom stereocenters. The van der Waals surface area contributed by atoms with Gasteiger partial charge in [-0.25, -0.2) is 8.78 Å². The van der Waals surface area contributed by atoms with Crippen molar-refractivity contribution in [2.75, 3.05) is 37.7 Å². The van der Waals surface area contributed by atoms with Crippen molar-refractivity contribution in [1.29, 1.82) is 0 Å². The molecule has 2 aromatic heterocycles. The van der Waals surface area contributed by atoms with E-state index in [1.54, 1.807) is 18.3 Å². The summed E-state index contributed by atoms with van der Waals surface area (Å²) in [5.41, 5.74) is 1.35. The number of pyridine rings is 1.